The lowest BCUT2D eigenvalue weighted by Crippen LogP contribution is -2.43. The van der Waals surface area contributed by atoms with Gasteiger partial charge in [0.15, 0.2) is 0 Å². The van der Waals surface area contributed by atoms with Crippen LogP contribution in [0.1, 0.15) is 12.8 Å². The van der Waals surface area contributed by atoms with Crippen molar-refractivity contribution in [2.24, 2.45) is 5.73 Å². The van der Waals surface area contributed by atoms with Crippen molar-refractivity contribution < 1.29 is 19.5 Å². The van der Waals surface area contributed by atoms with E-state index in [9.17, 15) is 14.4 Å². The molecule has 1 atom stereocenters. The number of hydrogen-bond acceptors (Lipinski definition) is 3. The maximum absolute atomic E-state index is 11.7. The molecular formula is C12H13Cl2N3O4. The van der Waals surface area contributed by atoms with Crippen molar-refractivity contribution in [3.63, 3.8) is 0 Å². The predicted octanol–water partition coefficient (Wildman–Crippen LogP) is 1.83. The number of aliphatic carboxylic acids is 1. The molecule has 0 fully saturated rings. The van der Waals surface area contributed by atoms with Gasteiger partial charge in [0.25, 0.3) is 0 Å². The molecule has 1 rings (SSSR count). The van der Waals surface area contributed by atoms with Gasteiger partial charge in [0.1, 0.15) is 6.04 Å². The van der Waals surface area contributed by atoms with Crippen molar-refractivity contribution in [3.8, 4) is 0 Å². The fraction of sp³-hybridized carbons (Fsp3) is 0.250. The number of nitrogens with one attached hydrogen (secondary N) is 2. The Morgan fingerprint density at radius 1 is 1.19 bits per heavy atom. The summed E-state index contributed by atoms with van der Waals surface area (Å²) in [7, 11) is 0. The number of hydrogen-bond donors (Lipinski definition) is 4. The lowest BCUT2D eigenvalue weighted by molar-refractivity contribution is -0.139. The maximum Gasteiger partial charge on any atom is 0.326 e. The molecule has 5 N–H and O–H groups in total. The molecule has 3 amide bonds. The number of amides is 3. The van der Waals surface area contributed by atoms with Crippen molar-refractivity contribution in [1.82, 2.24) is 5.32 Å². The first-order valence-corrected chi connectivity index (χ1v) is 6.58. The van der Waals surface area contributed by atoms with Crippen molar-refractivity contribution in [2.45, 2.75) is 18.9 Å². The second kappa shape index (κ2) is 7.70. The van der Waals surface area contributed by atoms with Crippen molar-refractivity contribution in [1.29, 1.82) is 0 Å². The van der Waals surface area contributed by atoms with Crippen LogP contribution in [0.5, 0.6) is 0 Å². The number of primary amides is 1. The number of anilines is 1. The second-order valence-corrected chi connectivity index (χ2v) is 5.03. The topological polar surface area (TPSA) is 122 Å². The minimum Gasteiger partial charge on any atom is -0.480 e. The number of carboxylic acids is 1. The molecule has 9 heteroatoms. The summed E-state index contributed by atoms with van der Waals surface area (Å²) < 4.78 is 0. The van der Waals surface area contributed by atoms with E-state index in [0.29, 0.717) is 15.7 Å². The van der Waals surface area contributed by atoms with Gasteiger partial charge in [-0.2, -0.15) is 0 Å². The predicted molar refractivity (Wildman–Crippen MR) is 78.5 cm³/mol. The van der Waals surface area contributed by atoms with E-state index in [0.717, 1.165) is 0 Å². The van der Waals surface area contributed by atoms with Gasteiger partial charge in [0, 0.05) is 22.2 Å². The second-order valence-electron chi connectivity index (χ2n) is 4.15. The summed E-state index contributed by atoms with van der Waals surface area (Å²) in [5.74, 6) is -1.92. The highest BCUT2D eigenvalue weighted by molar-refractivity contribution is 6.35. The number of rotatable bonds is 6. The van der Waals surface area contributed by atoms with Crippen molar-refractivity contribution in [2.75, 3.05) is 5.32 Å². The summed E-state index contributed by atoms with van der Waals surface area (Å²) >= 11 is 11.5. The molecule has 0 aromatic heterocycles. The number of benzene rings is 1. The summed E-state index contributed by atoms with van der Waals surface area (Å²) in [6, 6.07) is 2.40. The molecule has 0 saturated carbocycles. The molecule has 0 radical (unpaired) electrons. The Balaban J connectivity index is 2.65. The van der Waals surface area contributed by atoms with Crippen LogP contribution in [-0.2, 0) is 9.59 Å². The third kappa shape index (κ3) is 6.33. The Hall–Kier alpha value is -1.99. The molecule has 114 valence electrons. The van der Waals surface area contributed by atoms with Gasteiger partial charge in [0.2, 0.25) is 5.91 Å². The van der Waals surface area contributed by atoms with Crippen LogP contribution in [-0.4, -0.2) is 29.1 Å². The van der Waals surface area contributed by atoms with Gasteiger partial charge >= 0.3 is 12.0 Å². The quantitative estimate of drug-likeness (QED) is 0.634. The summed E-state index contributed by atoms with van der Waals surface area (Å²) in [5, 5.41) is 14.2. The number of urea groups is 1. The molecule has 21 heavy (non-hydrogen) atoms. The number of halogens is 2. The van der Waals surface area contributed by atoms with E-state index in [4.69, 9.17) is 34.0 Å². The highest BCUT2D eigenvalue weighted by Gasteiger charge is 2.20. The van der Waals surface area contributed by atoms with E-state index < -0.39 is 23.9 Å². The largest absolute Gasteiger partial charge is 0.480 e. The average molecular weight is 334 g/mol. The summed E-state index contributed by atoms with van der Waals surface area (Å²) in [6.45, 7) is 0. The minimum atomic E-state index is -1.27. The molecule has 0 heterocycles. The Kier molecular flexibility index (Phi) is 6.26. The zero-order valence-electron chi connectivity index (χ0n) is 10.7. The van der Waals surface area contributed by atoms with Gasteiger partial charge in [-0.1, -0.05) is 23.2 Å². The molecule has 0 saturated heterocycles. The number of carbonyl (C=O) groups excluding carboxylic acids is 2. The van der Waals surface area contributed by atoms with E-state index in [2.05, 4.69) is 10.6 Å². The number of carboxylic acid groups (broad SMARTS) is 1. The van der Waals surface area contributed by atoms with Crippen LogP contribution >= 0.6 is 23.2 Å². The molecule has 0 unspecified atom stereocenters. The van der Waals surface area contributed by atoms with Gasteiger partial charge in [-0.05, 0) is 24.6 Å². The lowest BCUT2D eigenvalue weighted by atomic mass is 10.1. The van der Waals surface area contributed by atoms with Gasteiger partial charge in [-0.15, -0.1) is 0 Å². The van der Waals surface area contributed by atoms with Crippen LogP contribution < -0.4 is 16.4 Å². The van der Waals surface area contributed by atoms with Crippen molar-refractivity contribution in [3.05, 3.63) is 28.2 Å². The van der Waals surface area contributed by atoms with Gasteiger partial charge in [-0.3, -0.25) is 4.79 Å². The third-order valence-electron chi connectivity index (χ3n) is 2.40. The van der Waals surface area contributed by atoms with Gasteiger partial charge in [0.05, 0.1) is 0 Å². The monoisotopic (exact) mass is 333 g/mol. The maximum atomic E-state index is 11.7. The highest BCUT2D eigenvalue weighted by atomic mass is 35.5. The Morgan fingerprint density at radius 3 is 2.24 bits per heavy atom. The zero-order chi connectivity index (χ0) is 16.0. The van der Waals surface area contributed by atoms with Crippen molar-refractivity contribution >= 4 is 46.8 Å². The van der Waals surface area contributed by atoms with Crippen LogP contribution in [0.15, 0.2) is 18.2 Å². The lowest BCUT2D eigenvalue weighted by Gasteiger charge is -2.14. The SMILES string of the molecule is NC(=O)CC[C@H](NC(=O)Nc1cc(Cl)cc(Cl)c1)C(=O)O. The Bertz CT molecular complexity index is 545. The normalized spacial score (nSPS) is 11.5. The van der Waals surface area contributed by atoms with Gasteiger partial charge in [-0.25, -0.2) is 9.59 Å². The fourth-order valence-corrected chi connectivity index (χ4v) is 2.02. The molecule has 0 bridgehead atoms. The van der Waals surface area contributed by atoms with Crippen LogP contribution in [0.3, 0.4) is 0 Å². The van der Waals surface area contributed by atoms with E-state index >= 15 is 0 Å². The van der Waals surface area contributed by atoms with E-state index in [1.807, 2.05) is 0 Å². The third-order valence-corrected chi connectivity index (χ3v) is 2.84. The van der Waals surface area contributed by atoms with E-state index in [1.165, 1.54) is 18.2 Å². The molecule has 0 aliphatic heterocycles. The first-order chi connectivity index (χ1) is 9.77. The molecule has 0 aliphatic rings. The first-order valence-electron chi connectivity index (χ1n) is 5.82. The minimum absolute atomic E-state index is 0.103. The van der Waals surface area contributed by atoms with Crippen LogP contribution in [0, 0.1) is 0 Å². The van der Waals surface area contributed by atoms with Gasteiger partial charge < -0.3 is 21.5 Å². The summed E-state index contributed by atoms with van der Waals surface area (Å²) in [6.07, 6.45) is -0.255. The summed E-state index contributed by atoms with van der Waals surface area (Å²) in [4.78, 5) is 33.3. The number of nitrogens with two attached hydrogens (primary N) is 1. The fourth-order valence-electron chi connectivity index (χ4n) is 1.50. The zero-order valence-corrected chi connectivity index (χ0v) is 12.2. The molecule has 0 aliphatic carbocycles. The molecule has 1 aromatic rings. The molecular weight excluding hydrogens is 321 g/mol. The average Bonchev–Trinajstić information content (AvgIpc) is 2.32. The van der Waals surface area contributed by atoms with E-state index in [1.54, 1.807) is 0 Å². The number of carbonyl (C=O) groups is 3. The molecule has 7 nitrogen and oxygen atoms in total. The summed E-state index contributed by atoms with van der Waals surface area (Å²) in [5.41, 5.74) is 5.25. The van der Waals surface area contributed by atoms with Crippen LogP contribution in [0.2, 0.25) is 10.0 Å². The smallest absolute Gasteiger partial charge is 0.326 e. The Morgan fingerprint density at radius 2 is 1.76 bits per heavy atom. The standard InChI is InChI=1S/C12H13Cl2N3O4/c13-6-3-7(14)5-8(4-6)16-12(21)17-9(11(19)20)1-2-10(15)18/h3-5,9H,1-2H2,(H2,15,18)(H,19,20)(H2,16,17,21)/t9-/m0/s1. The van der Waals surface area contributed by atoms with Crippen LogP contribution in [0.25, 0.3) is 0 Å². The molecule has 0 spiro atoms. The molecule has 1 aromatic carbocycles. The van der Waals surface area contributed by atoms with Crippen LogP contribution in [0.4, 0.5) is 10.5 Å². The first kappa shape index (κ1) is 17.1. The van der Waals surface area contributed by atoms with E-state index in [-0.39, 0.29) is 12.8 Å². The highest BCUT2D eigenvalue weighted by Crippen LogP contribution is 2.22. The Labute approximate surface area is 130 Å².